The molecule has 0 fully saturated rings. The predicted octanol–water partition coefficient (Wildman–Crippen LogP) is 4.67. The molecule has 0 aliphatic rings. The van der Waals surface area contributed by atoms with Gasteiger partial charge in [-0.3, -0.25) is 9.48 Å². The predicted molar refractivity (Wildman–Crippen MR) is 139 cm³/mol. The topological polar surface area (TPSA) is 92.9 Å². The molecule has 4 rings (SSSR count). The monoisotopic (exact) mass is 544 g/mol. The van der Waals surface area contributed by atoms with Gasteiger partial charge >= 0.3 is 6.18 Å². The highest BCUT2D eigenvalue weighted by molar-refractivity contribution is 6.05. The molecular formula is C26H28F4N8O. The van der Waals surface area contributed by atoms with E-state index in [2.05, 4.69) is 26.0 Å². The van der Waals surface area contributed by atoms with Crippen molar-refractivity contribution in [2.24, 2.45) is 7.05 Å². The van der Waals surface area contributed by atoms with Gasteiger partial charge < -0.3 is 15.5 Å². The van der Waals surface area contributed by atoms with E-state index in [1.165, 1.54) is 4.68 Å². The molecule has 2 heterocycles. The zero-order chi connectivity index (χ0) is 28.5. The second kappa shape index (κ2) is 10.8. The first-order chi connectivity index (χ1) is 18.3. The summed E-state index contributed by atoms with van der Waals surface area (Å²) in [6.45, 7) is 4.40. The normalized spacial score (nSPS) is 11.7. The van der Waals surface area contributed by atoms with Crippen LogP contribution in [0.15, 0.2) is 42.7 Å². The number of amides is 1. The number of hydrogen-bond acceptors (Lipinski definition) is 6. The minimum atomic E-state index is -4.95. The van der Waals surface area contributed by atoms with Gasteiger partial charge in [0.15, 0.2) is 5.82 Å². The summed E-state index contributed by atoms with van der Waals surface area (Å²) >= 11 is 0. The van der Waals surface area contributed by atoms with Gasteiger partial charge in [0.25, 0.3) is 5.91 Å². The Kier molecular flexibility index (Phi) is 7.72. The van der Waals surface area contributed by atoms with Crippen molar-refractivity contribution in [1.29, 1.82) is 0 Å². The third-order valence-electron chi connectivity index (χ3n) is 6.23. The van der Waals surface area contributed by atoms with Gasteiger partial charge in [-0.25, -0.2) is 9.07 Å². The van der Waals surface area contributed by atoms with E-state index in [1.807, 2.05) is 20.9 Å². The van der Waals surface area contributed by atoms with Crippen molar-refractivity contribution in [1.82, 2.24) is 29.7 Å². The lowest BCUT2D eigenvalue weighted by Gasteiger charge is -2.17. The Hall–Kier alpha value is -4.26. The summed E-state index contributed by atoms with van der Waals surface area (Å²) in [5.74, 6) is -2.10. The van der Waals surface area contributed by atoms with Crippen molar-refractivity contribution in [3.63, 3.8) is 0 Å². The fourth-order valence-electron chi connectivity index (χ4n) is 3.90. The molecule has 9 nitrogen and oxygen atoms in total. The highest BCUT2D eigenvalue weighted by Crippen LogP contribution is 2.36. The summed E-state index contributed by atoms with van der Waals surface area (Å²) in [5.41, 5.74) is 1.80. The molecule has 2 aromatic carbocycles. The number of hydrogen-bond donors (Lipinski definition) is 2. The second-order valence-electron chi connectivity index (χ2n) is 9.38. The van der Waals surface area contributed by atoms with Crippen molar-refractivity contribution in [3.05, 3.63) is 70.9 Å². The number of carbonyl (C=O) groups is 1. The molecule has 0 unspecified atom stereocenters. The van der Waals surface area contributed by atoms with Crippen LogP contribution in [0.2, 0.25) is 0 Å². The van der Waals surface area contributed by atoms with Crippen LogP contribution >= 0.6 is 0 Å². The number of anilines is 2. The standard InChI is InChI=1S/C26H28F4N8O/c1-15-6-7-17(10-23(15)38-14-22(34-35-38)19-13-32-37(5)16(19)2)25(39)33-18-11-20(26(28,29)30)24(27)21(12-18)31-8-9-36(3)4/h6-7,10-14,31H,8-9H2,1-5H3,(H,33,39). The summed E-state index contributed by atoms with van der Waals surface area (Å²) in [7, 11) is 5.38. The van der Waals surface area contributed by atoms with Gasteiger partial charge in [0, 0.05) is 42.6 Å². The molecule has 0 aliphatic carbocycles. The van der Waals surface area contributed by atoms with E-state index in [4.69, 9.17) is 0 Å². The number of halogens is 4. The largest absolute Gasteiger partial charge is 0.419 e. The zero-order valence-electron chi connectivity index (χ0n) is 22.1. The summed E-state index contributed by atoms with van der Waals surface area (Å²) in [6.07, 6.45) is -1.56. The Labute approximate surface area is 222 Å². The summed E-state index contributed by atoms with van der Waals surface area (Å²) < 4.78 is 58.5. The van der Waals surface area contributed by atoms with Gasteiger partial charge in [-0.15, -0.1) is 5.10 Å². The Bertz CT molecular complexity index is 1510. The first-order valence-electron chi connectivity index (χ1n) is 12.0. The van der Waals surface area contributed by atoms with E-state index in [9.17, 15) is 22.4 Å². The number of aromatic nitrogens is 5. The molecule has 0 atom stereocenters. The van der Waals surface area contributed by atoms with Gasteiger partial charge in [-0.05, 0) is 57.8 Å². The number of likely N-dealkylation sites (N-methyl/N-ethyl adjacent to an activating group) is 1. The van der Waals surface area contributed by atoms with Crippen LogP contribution in [0, 0.1) is 19.7 Å². The molecule has 13 heteroatoms. The number of nitrogens with one attached hydrogen (secondary N) is 2. The Morgan fingerprint density at radius 2 is 1.87 bits per heavy atom. The first-order valence-corrected chi connectivity index (χ1v) is 12.0. The molecule has 1 amide bonds. The van der Waals surface area contributed by atoms with E-state index in [-0.39, 0.29) is 23.5 Å². The number of aryl methyl sites for hydroxylation is 2. The maximum Gasteiger partial charge on any atom is 0.419 e. The number of alkyl halides is 3. The van der Waals surface area contributed by atoms with E-state index >= 15 is 0 Å². The Balaban J connectivity index is 1.62. The molecule has 2 N–H and O–H groups in total. The molecule has 0 radical (unpaired) electrons. The highest BCUT2D eigenvalue weighted by atomic mass is 19.4. The van der Waals surface area contributed by atoms with Crippen LogP contribution < -0.4 is 10.6 Å². The minimum Gasteiger partial charge on any atom is -0.381 e. The second-order valence-corrected chi connectivity index (χ2v) is 9.38. The number of carbonyl (C=O) groups excluding carboxylic acids is 1. The van der Waals surface area contributed by atoms with Crippen LogP contribution in [0.3, 0.4) is 0 Å². The van der Waals surface area contributed by atoms with Crippen molar-refractivity contribution in [2.75, 3.05) is 37.8 Å². The van der Waals surface area contributed by atoms with E-state index < -0.39 is 23.5 Å². The van der Waals surface area contributed by atoms with Crippen LogP contribution in [0.25, 0.3) is 16.9 Å². The van der Waals surface area contributed by atoms with E-state index in [1.54, 1.807) is 54.3 Å². The van der Waals surface area contributed by atoms with Crippen LogP contribution in [0.1, 0.15) is 27.2 Å². The summed E-state index contributed by atoms with van der Waals surface area (Å²) in [4.78, 5) is 14.9. The summed E-state index contributed by atoms with van der Waals surface area (Å²) in [5, 5.41) is 17.7. The lowest BCUT2D eigenvalue weighted by molar-refractivity contribution is -0.139. The smallest absolute Gasteiger partial charge is 0.381 e. The van der Waals surface area contributed by atoms with Crippen LogP contribution in [-0.4, -0.2) is 62.8 Å². The van der Waals surface area contributed by atoms with Crippen molar-refractivity contribution in [3.8, 4) is 16.9 Å². The first kappa shape index (κ1) is 27.8. The average molecular weight is 545 g/mol. The van der Waals surface area contributed by atoms with Crippen LogP contribution in [0.5, 0.6) is 0 Å². The van der Waals surface area contributed by atoms with Crippen molar-refractivity contribution in [2.45, 2.75) is 20.0 Å². The molecule has 39 heavy (non-hydrogen) atoms. The lowest BCUT2D eigenvalue weighted by Crippen LogP contribution is -2.22. The Morgan fingerprint density at radius 3 is 2.51 bits per heavy atom. The molecule has 0 spiro atoms. The van der Waals surface area contributed by atoms with Gasteiger partial charge in [-0.2, -0.15) is 18.3 Å². The van der Waals surface area contributed by atoms with Crippen molar-refractivity contribution >= 4 is 17.3 Å². The third kappa shape index (κ3) is 6.08. The van der Waals surface area contributed by atoms with Crippen molar-refractivity contribution < 1.29 is 22.4 Å². The van der Waals surface area contributed by atoms with Crippen LogP contribution in [-0.2, 0) is 13.2 Å². The lowest BCUT2D eigenvalue weighted by atomic mass is 10.1. The fourth-order valence-corrected chi connectivity index (χ4v) is 3.90. The van der Waals surface area contributed by atoms with Gasteiger partial charge in [0.2, 0.25) is 0 Å². The molecule has 2 aromatic heterocycles. The maximum atomic E-state index is 14.6. The SMILES string of the molecule is Cc1ccc(C(=O)Nc2cc(NCCN(C)C)c(F)c(C(F)(F)F)c2)cc1-n1cc(-c2cnn(C)c2C)nn1. The molecule has 0 saturated carbocycles. The van der Waals surface area contributed by atoms with Gasteiger partial charge in [0.1, 0.15) is 5.69 Å². The number of benzene rings is 2. The third-order valence-corrected chi connectivity index (χ3v) is 6.23. The average Bonchev–Trinajstić information content (AvgIpc) is 3.47. The zero-order valence-corrected chi connectivity index (χ0v) is 22.1. The quantitative estimate of drug-likeness (QED) is 0.313. The summed E-state index contributed by atoms with van der Waals surface area (Å²) in [6, 6.07) is 6.53. The van der Waals surface area contributed by atoms with E-state index in [0.29, 0.717) is 24.0 Å². The molecular weight excluding hydrogens is 516 g/mol. The van der Waals surface area contributed by atoms with Crippen LogP contribution in [0.4, 0.5) is 28.9 Å². The molecule has 0 aliphatic heterocycles. The molecule has 0 bridgehead atoms. The molecule has 4 aromatic rings. The van der Waals surface area contributed by atoms with Gasteiger partial charge in [0.05, 0.1) is 29.3 Å². The fraction of sp³-hybridized carbons (Fsp3) is 0.308. The molecule has 0 saturated heterocycles. The number of nitrogens with zero attached hydrogens (tertiary/aromatic N) is 6. The molecule has 206 valence electrons. The van der Waals surface area contributed by atoms with E-state index in [0.717, 1.165) is 22.9 Å². The maximum absolute atomic E-state index is 14.6. The highest BCUT2D eigenvalue weighted by Gasteiger charge is 2.36. The van der Waals surface area contributed by atoms with Gasteiger partial charge in [-0.1, -0.05) is 11.3 Å². The number of rotatable bonds is 8. The minimum absolute atomic E-state index is 0.171. The Morgan fingerprint density at radius 1 is 1.13 bits per heavy atom.